The molecule has 0 fully saturated rings. The van der Waals surface area contributed by atoms with E-state index in [0.29, 0.717) is 15.6 Å². The highest BCUT2D eigenvalue weighted by molar-refractivity contribution is 7.17. The molecule has 0 unspecified atom stereocenters. The number of hydrogen-bond donors (Lipinski definition) is 0. The molecule has 0 amide bonds. The van der Waals surface area contributed by atoms with Gasteiger partial charge in [0, 0.05) is 0 Å². The van der Waals surface area contributed by atoms with Gasteiger partial charge < -0.3 is 0 Å². The summed E-state index contributed by atoms with van der Waals surface area (Å²) >= 11 is 0.893. The smallest absolute Gasteiger partial charge is 0.177 e. The number of rotatable bonds is 0. The van der Waals surface area contributed by atoms with Crippen molar-refractivity contribution in [3.05, 3.63) is 34.5 Å². The third-order valence-corrected chi connectivity index (χ3v) is 2.85. The topological polar surface area (TPSA) is 47.6 Å². The van der Waals surface area contributed by atoms with E-state index in [1.165, 1.54) is 12.1 Å². The predicted octanol–water partition coefficient (Wildman–Crippen LogP) is 2.78. The van der Waals surface area contributed by atoms with Gasteiger partial charge in [0.25, 0.3) is 0 Å². The Balaban J connectivity index is 2.93. The summed E-state index contributed by atoms with van der Waals surface area (Å²) < 4.78 is 13.4. The molecule has 66 valence electrons. The number of hydrogen-bond acceptors (Lipinski definition) is 3. The van der Waals surface area contributed by atoms with Crippen LogP contribution in [0, 0.1) is 27.8 Å². The van der Waals surface area contributed by atoms with Crippen LogP contribution in [0.25, 0.3) is 10.1 Å². The zero-order valence-electron chi connectivity index (χ0n) is 6.91. The average molecular weight is 202 g/mol. The highest BCUT2D eigenvalue weighted by Crippen LogP contribution is 2.29. The molecule has 14 heavy (non-hydrogen) atoms. The molecule has 0 aliphatic rings. The summed E-state index contributed by atoms with van der Waals surface area (Å²) in [6, 6.07) is 8.38. The molecule has 1 heterocycles. The fourth-order valence-electron chi connectivity index (χ4n) is 1.28. The first-order valence-corrected chi connectivity index (χ1v) is 4.60. The lowest BCUT2D eigenvalue weighted by atomic mass is 10.1. The molecule has 0 bridgehead atoms. The van der Waals surface area contributed by atoms with Crippen LogP contribution in [0.4, 0.5) is 4.39 Å². The fourth-order valence-corrected chi connectivity index (χ4v) is 2.16. The second-order valence-electron chi connectivity index (χ2n) is 2.68. The molecule has 0 aliphatic carbocycles. The Morgan fingerprint density at radius 1 is 1.21 bits per heavy atom. The van der Waals surface area contributed by atoms with E-state index in [1.807, 2.05) is 12.1 Å². The molecule has 0 aliphatic heterocycles. The van der Waals surface area contributed by atoms with Crippen molar-refractivity contribution in [3.63, 3.8) is 0 Å². The Labute approximate surface area is 83.4 Å². The van der Waals surface area contributed by atoms with Gasteiger partial charge in [-0.1, -0.05) is 6.07 Å². The number of thiophene rings is 1. The second kappa shape index (κ2) is 3.10. The molecule has 0 atom stereocenters. The monoisotopic (exact) mass is 202 g/mol. The summed E-state index contributed by atoms with van der Waals surface area (Å²) in [7, 11) is 0. The minimum atomic E-state index is -0.341. The van der Waals surface area contributed by atoms with E-state index in [2.05, 4.69) is 0 Å². The average Bonchev–Trinajstić information content (AvgIpc) is 2.56. The zero-order valence-corrected chi connectivity index (χ0v) is 7.73. The molecular weight excluding hydrogens is 199 g/mol. The molecular formula is C10H3FN2S. The van der Waals surface area contributed by atoms with Crippen LogP contribution in [0.1, 0.15) is 11.1 Å². The van der Waals surface area contributed by atoms with Gasteiger partial charge in [-0.05, 0) is 17.5 Å². The zero-order chi connectivity index (χ0) is 10.1. The minimum absolute atomic E-state index is 0.263. The summed E-state index contributed by atoms with van der Waals surface area (Å²) in [6.07, 6.45) is 0. The van der Waals surface area contributed by atoms with Crippen molar-refractivity contribution in [2.45, 2.75) is 0 Å². The van der Waals surface area contributed by atoms with Gasteiger partial charge in [0.15, 0.2) is 5.13 Å². The third-order valence-electron chi connectivity index (χ3n) is 1.89. The molecule has 2 nitrogen and oxygen atoms in total. The Kier molecular flexibility index (Phi) is 1.92. The molecule has 0 radical (unpaired) electrons. The summed E-state index contributed by atoms with van der Waals surface area (Å²) in [5, 5.41) is 17.9. The van der Waals surface area contributed by atoms with E-state index in [9.17, 15) is 4.39 Å². The Morgan fingerprint density at radius 3 is 2.64 bits per heavy atom. The lowest BCUT2D eigenvalue weighted by Gasteiger charge is -1.94. The van der Waals surface area contributed by atoms with Crippen LogP contribution >= 0.6 is 11.3 Å². The van der Waals surface area contributed by atoms with Crippen molar-refractivity contribution in [1.82, 2.24) is 0 Å². The number of benzene rings is 1. The van der Waals surface area contributed by atoms with Gasteiger partial charge in [-0.15, -0.1) is 11.3 Å². The largest absolute Gasteiger partial charge is 0.195 e. The number of halogens is 1. The highest BCUT2D eigenvalue weighted by Gasteiger charge is 2.10. The molecule has 0 spiro atoms. The van der Waals surface area contributed by atoms with Crippen LogP contribution in [0.3, 0.4) is 0 Å². The molecule has 2 aromatic rings. The van der Waals surface area contributed by atoms with E-state index < -0.39 is 0 Å². The summed E-state index contributed by atoms with van der Waals surface area (Å²) in [6.45, 7) is 0. The van der Waals surface area contributed by atoms with E-state index >= 15 is 0 Å². The molecule has 4 heteroatoms. The second-order valence-corrected chi connectivity index (χ2v) is 3.68. The first kappa shape index (κ1) is 8.68. The van der Waals surface area contributed by atoms with Crippen LogP contribution < -0.4 is 0 Å². The Morgan fingerprint density at radius 2 is 2.00 bits per heavy atom. The van der Waals surface area contributed by atoms with Crippen molar-refractivity contribution in [3.8, 4) is 12.1 Å². The van der Waals surface area contributed by atoms with Gasteiger partial charge in [-0.3, -0.25) is 0 Å². The van der Waals surface area contributed by atoms with Crippen LogP contribution in [0.15, 0.2) is 18.2 Å². The van der Waals surface area contributed by atoms with Crippen molar-refractivity contribution in [2.24, 2.45) is 0 Å². The van der Waals surface area contributed by atoms with Crippen LogP contribution in [0.5, 0.6) is 0 Å². The van der Waals surface area contributed by atoms with E-state index in [-0.39, 0.29) is 10.7 Å². The standard InChI is InChI=1S/C10H3FN2S/c11-9-3-6-1-2-7(4-12)8(5-13)10(6)14-9/h1-3H. The molecule has 0 saturated carbocycles. The highest BCUT2D eigenvalue weighted by atomic mass is 32.1. The third kappa shape index (κ3) is 1.14. The van der Waals surface area contributed by atoms with Crippen LogP contribution in [-0.4, -0.2) is 0 Å². The maximum absolute atomic E-state index is 12.9. The first-order valence-electron chi connectivity index (χ1n) is 3.78. The maximum atomic E-state index is 12.9. The lowest BCUT2D eigenvalue weighted by Crippen LogP contribution is -1.82. The Hall–Kier alpha value is -1.91. The van der Waals surface area contributed by atoms with Crippen molar-refractivity contribution in [2.75, 3.05) is 0 Å². The van der Waals surface area contributed by atoms with E-state index in [0.717, 1.165) is 11.3 Å². The number of nitrogens with zero attached hydrogens (tertiary/aromatic N) is 2. The van der Waals surface area contributed by atoms with Gasteiger partial charge in [-0.25, -0.2) is 0 Å². The number of nitriles is 2. The van der Waals surface area contributed by atoms with Gasteiger partial charge >= 0.3 is 0 Å². The summed E-state index contributed by atoms with van der Waals surface area (Å²) in [5.74, 6) is 0. The van der Waals surface area contributed by atoms with Crippen LogP contribution in [-0.2, 0) is 0 Å². The quantitative estimate of drug-likeness (QED) is 0.659. The lowest BCUT2D eigenvalue weighted by molar-refractivity contribution is 0.658. The molecule has 1 aromatic heterocycles. The van der Waals surface area contributed by atoms with Gasteiger partial charge in [0.2, 0.25) is 0 Å². The van der Waals surface area contributed by atoms with Gasteiger partial charge in [-0.2, -0.15) is 14.9 Å². The summed E-state index contributed by atoms with van der Waals surface area (Å²) in [5.41, 5.74) is 0.556. The fraction of sp³-hybridized carbons (Fsp3) is 0. The van der Waals surface area contributed by atoms with E-state index in [1.54, 1.807) is 6.07 Å². The van der Waals surface area contributed by atoms with Gasteiger partial charge in [0.1, 0.15) is 12.1 Å². The molecule has 2 rings (SSSR count). The van der Waals surface area contributed by atoms with Crippen molar-refractivity contribution < 1.29 is 4.39 Å². The van der Waals surface area contributed by atoms with Crippen molar-refractivity contribution in [1.29, 1.82) is 10.5 Å². The van der Waals surface area contributed by atoms with Crippen LogP contribution in [0.2, 0.25) is 0 Å². The maximum Gasteiger partial charge on any atom is 0.177 e. The van der Waals surface area contributed by atoms with E-state index in [4.69, 9.17) is 10.5 Å². The number of fused-ring (bicyclic) bond motifs is 1. The van der Waals surface area contributed by atoms with Gasteiger partial charge in [0.05, 0.1) is 15.8 Å². The normalized spacial score (nSPS) is 9.64. The first-order chi connectivity index (χ1) is 6.76. The molecule has 0 N–H and O–H groups in total. The molecule has 0 saturated heterocycles. The molecule has 1 aromatic carbocycles. The predicted molar refractivity (Wildman–Crippen MR) is 51.2 cm³/mol. The Bertz CT molecular complexity index is 586. The summed E-state index contributed by atoms with van der Waals surface area (Å²) in [4.78, 5) is 0. The SMILES string of the molecule is N#Cc1ccc2cc(F)sc2c1C#N. The minimum Gasteiger partial charge on any atom is -0.195 e. The van der Waals surface area contributed by atoms with Crippen molar-refractivity contribution >= 4 is 21.4 Å².